The van der Waals surface area contributed by atoms with Crippen molar-refractivity contribution in [2.45, 2.75) is 37.3 Å². The molecule has 0 amide bonds. The van der Waals surface area contributed by atoms with Gasteiger partial charge in [0.25, 0.3) is 0 Å². The Hall–Kier alpha value is -1.16. The van der Waals surface area contributed by atoms with Gasteiger partial charge < -0.3 is 10.3 Å². The summed E-state index contributed by atoms with van der Waals surface area (Å²) in [5, 5.41) is 8.19. The normalized spacial score (nSPS) is 31.2. The van der Waals surface area contributed by atoms with E-state index in [1.54, 1.807) is 0 Å². The predicted octanol–water partition coefficient (Wildman–Crippen LogP) is 0.984. The molecule has 1 fully saturated rings. The van der Waals surface area contributed by atoms with E-state index < -0.39 is 0 Å². The zero-order valence-electron chi connectivity index (χ0n) is 8.00. The van der Waals surface area contributed by atoms with E-state index >= 15 is 0 Å². The summed E-state index contributed by atoms with van der Waals surface area (Å²) in [5.41, 5.74) is 5.83. The summed E-state index contributed by atoms with van der Waals surface area (Å²) in [6, 6.07) is 0.856. The molecule has 14 heavy (non-hydrogen) atoms. The van der Waals surface area contributed by atoms with E-state index in [-0.39, 0.29) is 6.04 Å². The zero-order chi connectivity index (χ0) is 9.54. The minimum atomic E-state index is 0.198. The van der Waals surface area contributed by atoms with Crippen molar-refractivity contribution >= 4 is 0 Å². The van der Waals surface area contributed by atoms with Crippen molar-refractivity contribution in [3.8, 4) is 0 Å². The van der Waals surface area contributed by atoms with E-state index in [2.05, 4.69) is 26.9 Å². The Morgan fingerprint density at radius 2 is 2.21 bits per heavy atom. The lowest BCUT2D eigenvalue weighted by molar-refractivity contribution is 0.611. The fourth-order valence-electron chi connectivity index (χ4n) is 2.07. The van der Waals surface area contributed by atoms with Crippen LogP contribution >= 0.6 is 0 Å². The minimum absolute atomic E-state index is 0.198. The molecule has 1 aromatic rings. The third-order valence-corrected chi connectivity index (χ3v) is 2.99. The molecule has 0 spiro atoms. The lowest BCUT2D eigenvalue weighted by atomic mass is 10.1. The molecule has 1 aromatic heterocycles. The molecule has 1 heterocycles. The van der Waals surface area contributed by atoms with Crippen molar-refractivity contribution in [1.29, 1.82) is 0 Å². The molecule has 0 radical (unpaired) electrons. The first-order valence-corrected chi connectivity index (χ1v) is 5.18. The van der Waals surface area contributed by atoms with Crippen molar-refractivity contribution in [3.63, 3.8) is 0 Å². The molecule has 0 bridgehead atoms. The Kier molecular flexibility index (Phi) is 1.70. The lowest BCUT2D eigenvalue weighted by Crippen LogP contribution is -2.15. The average Bonchev–Trinajstić information content (AvgIpc) is 2.75. The van der Waals surface area contributed by atoms with Crippen molar-refractivity contribution in [2.24, 2.45) is 5.73 Å². The highest BCUT2D eigenvalue weighted by atomic mass is 15.3. The van der Waals surface area contributed by atoms with Gasteiger partial charge in [0.2, 0.25) is 0 Å². The highest BCUT2D eigenvalue weighted by molar-refractivity contribution is 5.18. The Bertz CT molecular complexity index is 364. The van der Waals surface area contributed by atoms with E-state index in [1.807, 2.05) is 6.33 Å². The van der Waals surface area contributed by atoms with Crippen molar-refractivity contribution in [3.05, 3.63) is 24.3 Å². The van der Waals surface area contributed by atoms with E-state index in [0.717, 1.165) is 12.2 Å². The maximum Gasteiger partial charge on any atom is 0.140 e. The Morgan fingerprint density at radius 1 is 1.36 bits per heavy atom. The van der Waals surface area contributed by atoms with Gasteiger partial charge in [-0.05, 0) is 19.3 Å². The number of aromatic nitrogens is 3. The molecular formula is C10H14N4. The summed E-state index contributed by atoms with van der Waals surface area (Å²) in [5.74, 6) is 1.48. The summed E-state index contributed by atoms with van der Waals surface area (Å²) in [7, 11) is 0. The van der Waals surface area contributed by atoms with Gasteiger partial charge in [0.1, 0.15) is 12.2 Å². The minimum Gasteiger partial charge on any atom is -0.324 e. The topological polar surface area (TPSA) is 56.7 Å². The third kappa shape index (κ3) is 1.26. The van der Waals surface area contributed by atoms with E-state index in [0.29, 0.717) is 12.0 Å². The van der Waals surface area contributed by atoms with Gasteiger partial charge in [0.05, 0.1) is 0 Å². The van der Waals surface area contributed by atoms with Crippen LogP contribution in [0.15, 0.2) is 18.5 Å². The molecule has 0 saturated heterocycles. The number of allylic oxidation sites excluding steroid dienone is 1. The second-order valence-corrected chi connectivity index (χ2v) is 4.22. The first-order valence-electron chi connectivity index (χ1n) is 5.18. The fourth-order valence-corrected chi connectivity index (χ4v) is 2.07. The van der Waals surface area contributed by atoms with Crippen LogP contribution in [0.1, 0.15) is 37.0 Å². The van der Waals surface area contributed by atoms with Gasteiger partial charge in [-0.2, -0.15) is 0 Å². The van der Waals surface area contributed by atoms with Crippen LogP contribution in [-0.2, 0) is 0 Å². The molecular weight excluding hydrogens is 176 g/mol. The first kappa shape index (κ1) is 8.17. The molecule has 4 heteroatoms. The Balaban J connectivity index is 1.88. The van der Waals surface area contributed by atoms with E-state index in [4.69, 9.17) is 5.73 Å². The molecule has 0 aromatic carbocycles. The van der Waals surface area contributed by atoms with Crippen LogP contribution in [0.4, 0.5) is 0 Å². The van der Waals surface area contributed by atoms with Gasteiger partial charge in [-0.1, -0.05) is 12.2 Å². The second-order valence-electron chi connectivity index (χ2n) is 4.22. The van der Waals surface area contributed by atoms with Gasteiger partial charge >= 0.3 is 0 Å². The molecule has 4 nitrogen and oxygen atoms in total. The smallest absolute Gasteiger partial charge is 0.140 e. The fraction of sp³-hybridized carbons (Fsp3) is 0.600. The quantitative estimate of drug-likeness (QED) is 0.707. The maximum atomic E-state index is 5.83. The zero-order valence-corrected chi connectivity index (χ0v) is 8.00. The van der Waals surface area contributed by atoms with Crippen LogP contribution in [0, 0.1) is 0 Å². The molecule has 2 atom stereocenters. The van der Waals surface area contributed by atoms with Crippen LogP contribution in [0.2, 0.25) is 0 Å². The highest BCUT2D eigenvalue weighted by Crippen LogP contribution is 2.38. The first-order chi connectivity index (χ1) is 6.84. The summed E-state index contributed by atoms with van der Waals surface area (Å²) in [4.78, 5) is 0. The van der Waals surface area contributed by atoms with E-state index in [1.165, 1.54) is 12.8 Å². The Labute approximate surface area is 82.8 Å². The maximum absolute atomic E-state index is 5.83. The van der Waals surface area contributed by atoms with Crippen molar-refractivity contribution < 1.29 is 0 Å². The second kappa shape index (κ2) is 2.92. The van der Waals surface area contributed by atoms with Gasteiger partial charge in [0.15, 0.2) is 0 Å². The number of nitrogens with zero attached hydrogens (tertiary/aromatic N) is 3. The molecule has 74 valence electrons. The van der Waals surface area contributed by atoms with Crippen LogP contribution in [0.3, 0.4) is 0 Å². The Morgan fingerprint density at radius 3 is 2.86 bits per heavy atom. The average molecular weight is 190 g/mol. The van der Waals surface area contributed by atoms with Crippen molar-refractivity contribution in [2.75, 3.05) is 0 Å². The molecule has 1 saturated carbocycles. The van der Waals surface area contributed by atoms with Gasteiger partial charge in [-0.3, -0.25) is 0 Å². The summed E-state index contributed by atoms with van der Waals surface area (Å²) in [6.07, 6.45) is 9.60. The van der Waals surface area contributed by atoms with Gasteiger partial charge in [0, 0.05) is 18.0 Å². The number of hydrogen-bond acceptors (Lipinski definition) is 3. The molecule has 2 unspecified atom stereocenters. The summed E-state index contributed by atoms with van der Waals surface area (Å²) in [6.45, 7) is 0. The molecule has 2 N–H and O–H groups in total. The third-order valence-electron chi connectivity index (χ3n) is 2.99. The van der Waals surface area contributed by atoms with Gasteiger partial charge in [-0.25, -0.2) is 0 Å². The van der Waals surface area contributed by atoms with Crippen LogP contribution in [0.5, 0.6) is 0 Å². The highest BCUT2D eigenvalue weighted by Gasteiger charge is 2.30. The number of hydrogen-bond donors (Lipinski definition) is 1. The number of rotatable bonds is 2. The van der Waals surface area contributed by atoms with Crippen LogP contribution in [-0.4, -0.2) is 20.8 Å². The molecule has 0 aliphatic heterocycles. The van der Waals surface area contributed by atoms with Crippen LogP contribution < -0.4 is 5.73 Å². The SMILES string of the molecule is NC1C=CC(c2nncn2C2CC2)C1. The summed E-state index contributed by atoms with van der Waals surface area (Å²) < 4.78 is 2.22. The lowest BCUT2D eigenvalue weighted by Gasteiger charge is -2.10. The van der Waals surface area contributed by atoms with Crippen molar-refractivity contribution in [1.82, 2.24) is 14.8 Å². The standard InChI is InChI=1S/C10H14N4/c11-8-2-1-7(5-8)10-13-12-6-14(10)9-3-4-9/h1-2,6-9H,3-5,11H2. The van der Waals surface area contributed by atoms with E-state index in [9.17, 15) is 0 Å². The molecule has 2 aliphatic carbocycles. The van der Waals surface area contributed by atoms with Crippen LogP contribution in [0.25, 0.3) is 0 Å². The van der Waals surface area contributed by atoms with Gasteiger partial charge in [-0.15, -0.1) is 10.2 Å². The molecule has 2 aliphatic rings. The monoisotopic (exact) mass is 190 g/mol. The predicted molar refractivity (Wildman–Crippen MR) is 52.8 cm³/mol. The summed E-state index contributed by atoms with van der Waals surface area (Å²) >= 11 is 0. The largest absolute Gasteiger partial charge is 0.324 e. The molecule has 3 rings (SSSR count). The number of nitrogens with two attached hydrogens (primary N) is 1.